The summed E-state index contributed by atoms with van der Waals surface area (Å²) >= 11 is 1.67. The Labute approximate surface area is 110 Å². The molecule has 2 aromatic rings. The van der Waals surface area contributed by atoms with E-state index in [1.54, 1.807) is 26.0 Å². The number of rotatable bonds is 2. The van der Waals surface area contributed by atoms with Crippen LogP contribution in [0, 0.1) is 0 Å². The van der Waals surface area contributed by atoms with E-state index in [0.717, 1.165) is 21.3 Å². The van der Waals surface area contributed by atoms with Crippen LogP contribution in [0.25, 0.3) is 0 Å². The van der Waals surface area contributed by atoms with Gasteiger partial charge < -0.3 is 14.2 Å². The predicted octanol–water partition coefficient (Wildman–Crippen LogP) is 3.96. The standard InChI is InChI=1S/C14H12O3S/c1-15-10-7-12-14(8-11(10)16-2)18-13-6-4-3-5-9(13)17-12/h3-8H,1-2H3. The van der Waals surface area contributed by atoms with Crippen molar-refractivity contribution in [1.29, 1.82) is 0 Å². The van der Waals surface area contributed by atoms with E-state index in [1.165, 1.54) is 0 Å². The molecule has 1 aliphatic heterocycles. The molecule has 92 valence electrons. The van der Waals surface area contributed by atoms with E-state index in [-0.39, 0.29) is 0 Å². The van der Waals surface area contributed by atoms with Crippen LogP contribution in [-0.2, 0) is 0 Å². The Bertz CT molecular complexity index is 544. The van der Waals surface area contributed by atoms with Crippen molar-refractivity contribution in [3.63, 3.8) is 0 Å². The second kappa shape index (κ2) is 4.46. The van der Waals surface area contributed by atoms with Gasteiger partial charge in [-0.1, -0.05) is 23.9 Å². The first-order valence-corrected chi connectivity index (χ1v) is 6.34. The summed E-state index contributed by atoms with van der Waals surface area (Å²) in [6, 6.07) is 11.8. The van der Waals surface area contributed by atoms with Gasteiger partial charge in [0.15, 0.2) is 11.5 Å². The molecule has 2 aromatic carbocycles. The maximum atomic E-state index is 5.86. The minimum Gasteiger partial charge on any atom is -0.493 e. The van der Waals surface area contributed by atoms with Crippen molar-refractivity contribution in [2.75, 3.05) is 14.2 Å². The number of methoxy groups -OCH3 is 2. The fourth-order valence-corrected chi connectivity index (χ4v) is 2.82. The lowest BCUT2D eigenvalue weighted by Crippen LogP contribution is -1.97. The molecule has 1 aliphatic rings. The van der Waals surface area contributed by atoms with Crippen LogP contribution < -0.4 is 14.2 Å². The van der Waals surface area contributed by atoms with E-state index in [1.807, 2.05) is 36.4 Å². The first-order valence-electron chi connectivity index (χ1n) is 5.52. The molecule has 0 unspecified atom stereocenters. The van der Waals surface area contributed by atoms with Gasteiger partial charge in [-0.3, -0.25) is 0 Å². The number of fused-ring (bicyclic) bond motifs is 2. The van der Waals surface area contributed by atoms with Crippen molar-refractivity contribution in [1.82, 2.24) is 0 Å². The van der Waals surface area contributed by atoms with Crippen LogP contribution in [0.1, 0.15) is 0 Å². The summed E-state index contributed by atoms with van der Waals surface area (Å²) in [4.78, 5) is 2.14. The van der Waals surface area contributed by atoms with E-state index in [9.17, 15) is 0 Å². The minimum absolute atomic E-state index is 0.677. The van der Waals surface area contributed by atoms with Gasteiger partial charge in [-0.25, -0.2) is 0 Å². The maximum Gasteiger partial charge on any atom is 0.164 e. The van der Waals surface area contributed by atoms with Gasteiger partial charge in [0.2, 0.25) is 0 Å². The third-order valence-corrected chi connectivity index (χ3v) is 3.84. The van der Waals surface area contributed by atoms with Crippen LogP contribution >= 0.6 is 11.8 Å². The SMILES string of the molecule is COc1cc2c(cc1OC)Sc1ccccc1O2. The molecule has 1 heterocycles. The molecule has 0 saturated carbocycles. The maximum absolute atomic E-state index is 5.86. The third-order valence-electron chi connectivity index (χ3n) is 2.74. The second-order valence-corrected chi connectivity index (χ2v) is 4.89. The number of hydrogen-bond acceptors (Lipinski definition) is 4. The number of para-hydroxylation sites is 1. The lowest BCUT2D eigenvalue weighted by atomic mass is 10.3. The molecule has 0 bridgehead atoms. The van der Waals surface area contributed by atoms with Crippen molar-refractivity contribution in [3.05, 3.63) is 36.4 Å². The molecule has 4 heteroatoms. The molecule has 0 fully saturated rings. The number of benzene rings is 2. The zero-order valence-electron chi connectivity index (χ0n) is 10.1. The van der Waals surface area contributed by atoms with E-state index in [4.69, 9.17) is 14.2 Å². The quantitative estimate of drug-likeness (QED) is 0.697. The fourth-order valence-electron chi connectivity index (χ4n) is 1.86. The fraction of sp³-hybridized carbons (Fsp3) is 0.143. The Balaban J connectivity index is 2.07. The molecule has 0 aliphatic carbocycles. The highest BCUT2D eigenvalue weighted by Gasteiger charge is 2.20. The zero-order chi connectivity index (χ0) is 12.5. The molecule has 0 saturated heterocycles. The molecule has 0 radical (unpaired) electrons. The molecule has 0 N–H and O–H groups in total. The smallest absolute Gasteiger partial charge is 0.164 e. The van der Waals surface area contributed by atoms with Gasteiger partial charge in [-0.05, 0) is 12.1 Å². The summed E-state index contributed by atoms with van der Waals surface area (Å²) in [5.41, 5.74) is 0. The van der Waals surface area contributed by atoms with E-state index in [2.05, 4.69) is 0 Å². The highest BCUT2D eigenvalue weighted by molar-refractivity contribution is 7.99. The highest BCUT2D eigenvalue weighted by Crippen LogP contribution is 2.50. The lowest BCUT2D eigenvalue weighted by Gasteiger charge is -2.21. The largest absolute Gasteiger partial charge is 0.493 e. The molecular weight excluding hydrogens is 248 g/mol. The molecule has 0 aromatic heterocycles. The van der Waals surface area contributed by atoms with Crippen LogP contribution in [0.4, 0.5) is 0 Å². The van der Waals surface area contributed by atoms with Crippen LogP contribution in [0.2, 0.25) is 0 Å². The van der Waals surface area contributed by atoms with Crippen LogP contribution in [0.3, 0.4) is 0 Å². The van der Waals surface area contributed by atoms with Gasteiger partial charge in [0.25, 0.3) is 0 Å². The second-order valence-electron chi connectivity index (χ2n) is 3.80. The van der Waals surface area contributed by atoms with Crippen LogP contribution in [-0.4, -0.2) is 14.2 Å². The Morgan fingerprint density at radius 3 is 2.39 bits per heavy atom. The van der Waals surface area contributed by atoms with Crippen molar-refractivity contribution >= 4 is 11.8 Å². The average molecular weight is 260 g/mol. The predicted molar refractivity (Wildman–Crippen MR) is 70.2 cm³/mol. The minimum atomic E-state index is 0.677. The molecule has 18 heavy (non-hydrogen) atoms. The van der Waals surface area contributed by atoms with E-state index < -0.39 is 0 Å². The molecule has 3 nitrogen and oxygen atoms in total. The number of ether oxygens (including phenoxy) is 3. The molecule has 0 amide bonds. The topological polar surface area (TPSA) is 27.7 Å². The Morgan fingerprint density at radius 1 is 0.889 bits per heavy atom. The van der Waals surface area contributed by atoms with Crippen molar-refractivity contribution in [3.8, 4) is 23.0 Å². The summed E-state index contributed by atoms with van der Waals surface area (Å²) < 4.78 is 16.4. The van der Waals surface area contributed by atoms with Crippen LogP contribution in [0.5, 0.6) is 23.0 Å². The lowest BCUT2D eigenvalue weighted by molar-refractivity contribution is 0.349. The summed E-state index contributed by atoms with van der Waals surface area (Å²) in [5.74, 6) is 3.07. The third kappa shape index (κ3) is 1.78. The molecule has 0 atom stereocenters. The van der Waals surface area contributed by atoms with Crippen molar-refractivity contribution in [2.24, 2.45) is 0 Å². The van der Waals surface area contributed by atoms with Gasteiger partial charge in [-0.15, -0.1) is 0 Å². The molecule has 0 spiro atoms. The molecular formula is C14H12O3S. The zero-order valence-corrected chi connectivity index (χ0v) is 10.9. The Morgan fingerprint density at radius 2 is 1.61 bits per heavy atom. The van der Waals surface area contributed by atoms with E-state index >= 15 is 0 Å². The number of hydrogen-bond donors (Lipinski definition) is 0. The van der Waals surface area contributed by atoms with Gasteiger partial charge in [0.1, 0.15) is 11.5 Å². The Hall–Kier alpha value is -1.81. The Kier molecular flexibility index (Phi) is 2.80. The monoisotopic (exact) mass is 260 g/mol. The summed E-state index contributed by atoms with van der Waals surface area (Å²) in [6.07, 6.45) is 0. The van der Waals surface area contributed by atoms with E-state index in [0.29, 0.717) is 11.5 Å². The van der Waals surface area contributed by atoms with Crippen molar-refractivity contribution in [2.45, 2.75) is 9.79 Å². The summed E-state index contributed by atoms with van der Waals surface area (Å²) in [6.45, 7) is 0. The first-order chi connectivity index (χ1) is 8.81. The summed E-state index contributed by atoms with van der Waals surface area (Å²) in [5, 5.41) is 0. The first kappa shape index (κ1) is 11.3. The van der Waals surface area contributed by atoms with Crippen LogP contribution in [0.15, 0.2) is 46.2 Å². The normalized spacial score (nSPS) is 12.1. The average Bonchev–Trinajstić information content (AvgIpc) is 2.43. The van der Waals surface area contributed by atoms with Gasteiger partial charge in [0, 0.05) is 12.1 Å². The van der Waals surface area contributed by atoms with Gasteiger partial charge >= 0.3 is 0 Å². The van der Waals surface area contributed by atoms with Gasteiger partial charge in [0.05, 0.1) is 24.0 Å². The van der Waals surface area contributed by atoms with Crippen molar-refractivity contribution < 1.29 is 14.2 Å². The van der Waals surface area contributed by atoms with Gasteiger partial charge in [-0.2, -0.15) is 0 Å². The summed E-state index contributed by atoms with van der Waals surface area (Å²) in [7, 11) is 3.25. The highest BCUT2D eigenvalue weighted by atomic mass is 32.2. The molecule has 3 rings (SSSR count).